The SMILES string of the molecule is COC(=O)C1(O)CC=C(C)CC1. The van der Waals surface area contributed by atoms with E-state index >= 15 is 0 Å². The number of esters is 1. The Kier molecular flexibility index (Phi) is 2.52. The summed E-state index contributed by atoms with van der Waals surface area (Å²) in [7, 11) is 1.30. The lowest BCUT2D eigenvalue weighted by molar-refractivity contribution is -0.163. The van der Waals surface area contributed by atoms with E-state index in [4.69, 9.17) is 0 Å². The molecule has 3 heteroatoms. The van der Waals surface area contributed by atoms with Crippen molar-refractivity contribution in [2.75, 3.05) is 7.11 Å². The van der Waals surface area contributed by atoms with Crippen molar-refractivity contribution in [3.05, 3.63) is 11.6 Å². The van der Waals surface area contributed by atoms with E-state index in [1.54, 1.807) is 0 Å². The van der Waals surface area contributed by atoms with Gasteiger partial charge in [0.25, 0.3) is 0 Å². The van der Waals surface area contributed by atoms with Gasteiger partial charge < -0.3 is 9.84 Å². The Morgan fingerprint density at radius 2 is 2.42 bits per heavy atom. The molecule has 12 heavy (non-hydrogen) atoms. The fraction of sp³-hybridized carbons (Fsp3) is 0.667. The molecule has 1 rings (SSSR count). The Bertz CT molecular complexity index is 220. The molecule has 0 fully saturated rings. The lowest BCUT2D eigenvalue weighted by atomic mass is 9.86. The Morgan fingerprint density at radius 1 is 1.75 bits per heavy atom. The molecule has 0 amide bonds. The lowest BCUT2D eigenvalue weighted by Gasteiger charge is -2.27. The third kappa shape index (κ3) is 1.67. The minimum Gasteiger partial charge on any atom is -0.467 e. The van der Waals surface area contributed by atoms with Gasteiger partial charge in [-0.3, -0.25) is 0 Å². The summed E-state index contributed by atoms with van der Waals surface area (Å²) in [5, 5.41) is 9.74. The number of carbonyl (C=O) groups excluding carboxylic acids is 1. The summed E-state index contributed by atoms with van der Waals surface area (Å²) in [5.74, 6) is -0.522. The van der Waals surface area contributed by atoms with Gasteiger partial charge in [0.05, 0.1) is 7.11 Å². The molecule has 0 aromatic rings. The Labute approximate surface area is 72.0 Å². The summed E-state index contributed by atoms with van der Waals surface area (Å²) in [6, 6.07) is 0. The topological polar surface area (TPSA) is 46.5 Å². The second kappa shape index (κ2) is 3.27. The normalized spacial score (nSPS) is 29.4. The molecular formula is C9H14O3. The maximum Gasteiger partial charge on any atom is 0.338 e. The van der Waals surface area contributed by atoms with E-state index in [9.17, 15) is 9.90 Å². The van der Waals surface area contributed by atoms with Gasteiger partial charge in [0, 0.05) is 6.42 Å². The standard InChI is InChI=1S/C9H14O3/c1-7-3-5-9(11,6-4-7)8(10)12-2/h3,11H,4-6H2,1-2H3. The first-order valence-corrected chi connectivity index (χ1v) is 4.05. The number of hydrogen-bond donors (Lipinski definition) is 1. The number of ether oxygens (including phenoxy) is 1. The fourth-order valence-corrected chi connectivity index (χ4v) is 1.33. The molecule has 0 aliphatic heterocycles. The number of methoxy groups -OCH3 is 1. The summed E-state index contributed by atoms with van der Waals surface area (Å²) in [6.07, 6.45) is 3.51. The monoisotopic (exact) mass is 170 g/mol. The van der Waals surface area contributed by atoms with Crippen LogP contribution in [0.4, 0.5) is 0 Å². The zero-order valence-corrected chi connectivity index (χ0v) is 7.46. The average molecular weight is 170 g/mol. The molecule has 0 heterocycles. The third-order valence-corrected chi connectivity index (χ3v) is 2.29. The highest BCUT2D eigenvalue weighted by molar-refractivity contribution is 5.79. The van der Waals surface area contributed by atoms with Gasteiger partial charge in [-0.15, -0.1) is 0 Å². The van der Waals surface area contributed by atoms with Crippen LogP contribution in [-0.2, 0) is 9.53 Å². The van der Waals surface area contributed by atoms with Gasteiger partial charge in [-0.05, 0) is 19.8 Å². The summed E-state index contributed by atoms with van der Waals surface area (Å²) in [5.41, 5.74) is -0.0440. The number of hydrogen-bond acceptors (Lipinski definition) is 3. The molecule has 1 N–H and O–H groups in total. The number of allylic oxidation sites excluding steroid dienone is 1. The van der Waals surface area contributed by atoms with Crippen LogP contribution in [0.5, 0.6) is 0 Å². The summed E-state index contributed by atoms with van der Waals surface area (Å²) in [6.45, 7) is 2.00. The molecule has 1 atom stereocenters. The molecule has 1 aliphatic carbocycles. The Morgan fingerprint density at radius 3 is 2.83 bits per heavy atom. The van der Waals surface area contributed by atoms with Crippen molar-refractivity contribution >= 4 is 5.97 Å². The highest BCUT2D eigenvalue weighted by Crippen LogP contribution is 2.27. The van der Waals surface area contributed by atoms with E-state index in [2.05, 4.69) is 4.74 Å². The predicted molar refractivity (Wildman–Crippen MR) is 44.6 cm³/mol. The quantitative estimate of drug-likeness (QED) is 0.472. The smallest absolute Gasteiger partial charge is 0.338 e. The van der Waals surface area contributed by atoms with Crippen molar-refractivity contribution in [1.82, 2.24) is 0 Å². The van der Waals surface area contributed by atoms with Crippen molar-refractivity contribution in [3.8, 4) is 0 Å². The fourth-order valence-electron chi connectivity index (χ4n) is 1.33. The van der Waals surface area contributed by atoms with Gasteiger partial charge in [-0.1, -0.05) is 11.6 Å². The summed E-state index contributed by atoms with van der Waals surface area (Å²) >= 11 is 0. The van der Waals surface area contributed by atoms with Crippen LogP contribution in [0.3, 0.4) is 0 Å². The number of carbonyl (C=O) groups is 1. The van der Waals surface area contributed by atoms with E-state index in [0.717, 1.165) is 6.42 Å². The van der Waals surface area contributed by atoms with Gasteiger partial charge in [-0.25, -0.2) is 4.79 Å². The molecule has 0 radical (unpaired) electrons. The molecular weight excluding hydrogens is 156 g/mol. The van der Waals surface area contributed by atoms with Crippen LogP contribution in [0, 0.1) is 0 Å². The van der Waals surface area contributed by atoms with E-state index in [1.165, 1.54) is 12.7 Å². The van der Waals surface area contributed by atoms with Crippen molar-refractivity contribution < 1.29 is 14.6 Å². The first kappa shape index (κ1) is 9.26. The molecule has 0 aromatic carbocycles. The third-order valence-electron chi connectivity index (χ3n) is 2.29. The maximum atomic E-state index is 11.1. The van der Waals surface area contributed by atoms with Crippen LogP contribution in [0.1, 0.15) is 26.2 Å². The molecule has 1 unspecified atom stereocenters. The molecule has 1 aliphatic rings. The number of rotatable bonds is 1. The van der Waals surface area contributed by atoms with Crippen LogP contribution in [-0.4, -0.2) is 23.8 Å². The summed E-state index contributed by atoms with van der Waals surface area (Å²) < 4.78 is 4.51. The van der Waals surface area contributed by atoms with E-state index in [-0.39, 0.29) is 0 Å². The molecule has 0 saturated heterocycles. The summed E-state index contributed by atoms with van der Waals surface area (Å²) in [4.78, 5) is 11.1. The van der Waals surface area contributed by atoms with Crippen LogP contribution in [0.2, 0.25) is 0 Å². The second-order valence-electron chi connectivity index (χ2n) is 3.28. The van der Waals surface area contributed by atoms with Gasteiger partial charge in [0.1, 0.15) is 0 Å². The molecule has 0 bridgehead atoms. The zero-order chi connectivity index (χ0) is 9.19. The van der Waals surface area contributed by atoms with Crippen LogP contribution in [0.25, 0.3) is 0 Å². The van der Waals surface area contributed by atoms with Crippen molar-refractivity contribution in [1.29, 1.82) is 0 Å². The Balaban J connectivity index is 2.69. The number of aliphatic hydroxyl groups is 1. The van der Waals surface area contributed by atoms with Crippen LogP contribution >= 0.6 is 0 Å². The highest BCUT2D eigenvalue weighted by atomic mass is 16.5. The predicted octanol–water partition coefficient (Wildman–Crippen LogP) is 1.02. The molecule has 3 nitrogen and oxygen atoms in total. The molecule has 68 valence electrons. The van der Waals surface area contributed by atoms with Gasteiger partial charge in [0.15, 0.2) is 5.60 Å². The Hall–Kier alpha value is -0.830. The van der Waals surface area contributed by atoms with Crippen LogP contribution < -0.4 is 0 Å². The first-order chi connectivity index (χ1) is 5.58. The first-order valence-electron chi connectivity index (χ1n) is 4.05. The molecule has 0 spiro atoms. The van der Waals surface area contributed by atoms with E-state index < -0.39 is 11.6 Å². The lowest BCUT2D eigenvalue weighted by Crippen LogP contribution is -2.40. The second-order valence-corrected chi connectivity index (χ2v) is 3.28. The minimum atomic E-state index is -1.27. The van der Waals surface area contributed by atoms with Crippen molar-refractivity contribution in [2.45, 2.75) is 31.8 Å². The van der Waals surface area contributed by atoms with E-state index in [1.807, 2.05) is 13.0 Å². The molecule has 0 saturated carbocycles. The van der Waals surface area contributed by atoms with Crippen LogP contribution in [0.15, 0.2) is 11.6 Å². The van der Waals surface area contributed by atoms with Crippen molar-refractivity contribution in [2.24, 2.45) is 0 Å². The van der Waals surface area contributed by atoms with Crippen molar-refractivity contribution in [3.63, 3.8) is 0 Å². The van der Waals surface area contributed by atoms with Gasteiger partial charge in [-0.2, -0.15) is 0 Å². The molecule has 0 aromatic heterocycles. The zero-order valence-electron chi connectivity index (χ0n) is 7.46. The van der Waals surface area contributed by atoms with E-state index in [0.29, 0.717) is 12.8 Å². The minimum absolute atomic E-state index is 0.380. The average Bonchev–Trinajstić information content (AvgIpc) is 2.09. The highest BCUT2D eigenvalue weighted by Gasteiger charge is 2.37. The largest absolute Gasteiger partial charge is 0.467 e. The maximum absolute atomic E-state index is 11.1. The van der Waals surface area contributed by atoms with Gasteiger partial charge in [0.2, 0.25) is 0 Å². The van der Waals surface area contributed by atoms with Gasteiger partial charge >= 0.3 is 5.97 Å².